The minimum Gasteiger partial charge on any atom is -0.399 e. The summed E-state index contributed by atoms with van der Waals surface area (Å²) in [5.41, 5.74) is 2.66. The van der Waals surface area contributed by atoms with Gasteiger partial charge in [-0.15, -0.1) is 0 Å². The second-order valence-corrected chi connectivity index (χ2v) is 6.70. The highest BCUT2D eigenvalue weighted by Crippen LogP contribution is 2.40. The first kappa shape index (κ1) is 18.4. The van der Waals surface area contributed by atoms with E-state index in [0.717, 1.165) is 0 Å². The topological polar surface area (TPSA) is 78.9 Å². The van der Waals surface area contributed by atoms with E-state index in [1.807, 2.05) is 0 Å². The number of alkyl halides is 3. The van der Waals surface area contributed by atoms with Gasteiger partial charge in [-0.3, -0.25) is 4.79 Å². The number of carbonyl (C=O) groups is 1. The molecule has 0 aliphatic carbocycles. The van der Waals surface area contributed by atoms with Gasteiger partial charge in [0, 0.05) is 21.3 Å². The van der Waals surface area contributed by atoms with Crippen LogP contribution in [0, 0.1) is 0 Å². The summed E-state index contributed by atoms with van der Waals surface area (Å²) in [6.07, 6.45) is -5.63. The molecule has 3 rings (SSSR count). The Balaban J connectivity index is 2.06. The molecule has 0 saturated heterocycles. The van der Waals surface area contributed by atoms with Crippen molar-refractivity contribution in [3.05, 3.63) is 64.1 Å². The molecule has 1 atom stereocenters. The van der Waals surface area contributed by atoms with E-state index in [0.29, 0.717) is 15.2 Å². The summed E-state index contributed by atoms with van der Waals surface area (Å²) in [6.45, 7) is 0. The van der Waals surface area contributed by atoms with Crippen molar-refractivity contribution in [2.45, 2.75) is 18.3 Å². The van der Waals surface area contributed by atoms with E-state index >= 15 is 0 Å². The molecular formula is C17H13BrF3N3O2. The van der Waals surface area contributed by atoms with Crippen molar-refractivity contribution in [2.75, 3.05) is 5.73 Å². The molecule has 0 spiro atoms. The Morgan fingerprint density at radius 2 is 1.73 bits per heavy atom. The van der Waals surface area contributed by atoms with Gasteiger partial charge in [0.25, 0.3) is 5.91 Å². The molecular weight excluding hydrogens is 415 g/mol. The standard InChI is InChI=1S/C17H13BrF3N3O2/c18-12-5-3-11(4-6-12)16(26)9-14(17(19,20)21)23-24(16)15(25)10-1-7-13(22)8-2-10/h1-8,26H,9,22H2. The van der Waals surface area contributed by atoms with Crippen molar-refractivity contribution in [3.8, 4) is 0 Å². The summed E-state index contributed by atoms with van der Waals surface area (Å²) in [7, 11) is 0. The molecule has 136 valence electrons. The third-order valence-corrected chi connectivity index (χ3v) is 4.50. The molecule has 2 aromatic carbocycles. The molecule has 0 aromatic heterocycles. The van der Waals surface area contributed by atoms with Gasteiger partial charge in [-0.05, 0) is 36.4 Å². The molecule has 0 radical (unpaired) electrons. The molecule has 26 heavy (non-hydrogen) atoms. The average molecular weight is 428 g/mol. The molecule has 0 bridgehead atoms. The van der Waals surface area contributed by atoms with Gasteiger partial charge in [-0.2, -0.15) is 23.3 Å². The Kier molecular flexibility index (Phi) is 4.53. The van der Waals surface area contributed by atoms with Crippen LogP contribution in [0.2, 0.25) is 0 Å². The van der Waals surface area contributed by atoms with Gasteiger partial charge in [-0.1, -0.05) is 28.1 Å². The van der Waals surface area contributed by atoms with E-state index in [9.17, 15) is 23.1 Å². The third kappa shape index (κ3) is 3.32. The first-order valence-corrected chi connectivity index (χ1v) is 8.24. The van der Waals surface area contributed by atoms with Crippen LogP contribution in [0.1, 0.15) is 22.3 Å². The van der Waals surface area contributed by atoms with Gasteiger partial charge in [0.1, 0.15) is 5.71 Å². The summed E-state index contributed by atoms with van der Waals surface area (Å²) >= 11 is 3.22. The highest BCUT2D eigenvalue weighted by molar-refractivity contribution is 9.10. The van der Waals surface area contributed by atoms with Gasteiger partial charge < -0.3 is 10.8 Å². The van der Waals surface area contributed by atoms with Crippen LogP contribution in [-0.2, 0) is 5.72 Å². The maximum atomic E-state index is 13.2. The molecule has 1 aliphatic rings. The van der Waals surface area contributed by atoms with Gasteiger partial charge >= 0.3 is 6.18 Å². The van der Waals surface area contributed by atoms with Crippen LogP contribution in [0.5, 0.6) is 0 Å². The SMILES string of the molecule is Nc1ccc(C(=O)N2N=C(C(F)(F)F)CC2(O)c2ccc(Br)cc2)cc1. The number of amides is 1. The zero-order valence-electron chi connectivity index (χ0n) is 13.2. The van der Waals surface area contributed by atoms with Crippen LogP contribution >= 0.6 is 15.9 Å². The molecule has 1 heterocycles. The fourth-order valence-electron chi connectivity index (χ4n) is 2.61. The first-order valence-electron chi connectivity index (χ1n) is 7.44. The van der Waals surface area contributed by atoms with Crippen molar-refractivity contribution < 1.29 is 23.1 Å². The summed E-state index contributed by atoms with van der Waals surface area (Å²) in [6, 6.07) is 11.6. The van der Waals surface area contributed by atoms with Gasteiger partial charge in [0.2, 0.25) is 0 Å². The number of halogens is 4. The van der Waals surface area contributed by atoms with Crippen molar-refractivity contribution in [2.24, 2.45) is 5.10 Å². The fraction of sp³-hybridized carbons (Fsp3) is 0.176. The lowest BCUT2D eigenvalue weighted by atomic mass is 9.96. The quantitative estimate of drug-likeness (QED) is 0.718. The van der Waals surface area contributed by atoms with Gasteiger partial charge in [0.05, 0.1) is 6.42 Å². The van der Waals surface area contributed by atoms with E-state index in [1.54, 1.807) is 12.1 Å². The summed E-state index contributed by atoms with van der Waals surface area (Å²) in [5.74, 6) is -0.866. The normalized spacial score (nSPS) is 20.2. The van der Waals surface area contributed by atoms with E-state index in [2.05, 4.69) is 21.0 Å². The largest absolute Gasteiger partial charge is 0.431 e. The number of anilines is 1. The summed E-state index contributed by atoms with van der Waals surface area (Å²) in [5, 5.41) is 14.9. The lowest BCUT2D eigenvalue weighted by Crippen LogP contribution is -2.43. The predicted molar refractivity (Wildman–Crippen MR) is 93.2 cm³/mol. The molecule has 1 amide bonds. The number of rotatable bonds is 2. The molecule has 9 heteroatoms. The van der Waals surface area contributed by atoms with Crippen molar-refractivity contribution >= 4 is 33.2 Å². The number of hydrogen-bond donors (Lipinski definition) is 2. The van der Waals surface area contributed by atoms with Crippen LogP contribution in [0.15, 0.2) is 58.1 Å². The smallest absolute Gasteiger partial charge is 0.399 e. The summed E-state index contributed by atoms with van der Waals surface area (Å²) < 4.78 is 40.2. The minimum absolute atomic E-state index is 0.0573. The van der Waals surface area contributed by atoms with Gasteiger partial charge in [0.15, 0.2) is 5.72 Å². The number of nitrogens with zero attached hydrogens (tertiary/aromatic N) is 2. The zero-order valence-corrected chi connectivity index (χ0v) is 14.8. The number of aliphatic hydroxyl groups is 1. The van der Waals surface area contributed by atoms with Crippen LogP contribution in [0.4, 0.5) is 18.9 Å². The molecule has 1 unspecified atom stereocenters. The maximum Gasteiger partial charge on any atom is 0.431 e. The molecule has 0 saturated carbocycles. The third-order valence-electron chi connectivity index (χ3n) is 3.97. The van der Waals surface area contributed by atoms with Crippen molar-refractivity contribution in [3.63, 3.8) is 0 Å². The Labute approximate surface area is 155 Å². The van der Waals surface area contributed by atoms with Crippen LogP contribution in [-0.4, -0.2) is 27.9 Å². The Morgan fingerprint density at radius 3 is 2.27 bits per heavy atom. The van der Waals surface area contributed by atoms with E-state index < -0.39 is 29.9 Å². The molecule has 3 N–H and O–H groups in total. The van der Waals surface area contributed by atoms with Gasteiger partial charge in [-0.25, -0.2) is 0 Å². The molecule has 5 nitrogen and oxygen atoms in total. The monoisotopic (exact) mass is 427 g/mol. The lowest BCUT2D eigenvalue weighted by Gasteiger charge is -2.31. The predicted octanol–water partition coefficient (Wildman–Crippen LogP) is 3.64. The van der Waals surface area contributed by atoms with Crippen LogP contribution < -0.4 is 5.73 Å². The summed E-state index contributed by atoms with van der Waals surface area (Å²) in [4.78, 5) is 12.7. The number of nitrogen functional groups attached to an aromatic ring is 1. The molecule has 0 fully saturated rings. The average Bonchev–Trinajstić information content (AvgIpc) is 2.94. The molecule has 1 aliphatic heterocycles. The van der Waals surface area contributed by atoms with E-state index in [-0.39, 0.29) is 11.1 Å². The number of nitrogens with two attached hydrogens (primary N) is 1. The van der Waals surface area contributed by atoms with Crippen LogP contribution in [0.25, 0.3) is 0 Å². The van der Waals surface area contributed by atoms with Crippen LogP contribution in [0.3, 0.4) is 0 Å². The Bertz CT molecular complexity index is 866. The van der Waals surface area contributed by atoms with Crippen molar-refractivity contribution in [1.29, 1.82) is 0 Å². The number of carbonyl (C=O) groups excluding carboxylic acids is 1. The number of hydrogen-bond acceptors (Lipinski definition) is 4. The van der Waals surface area contributed by atoms with E-state index in [1.165, 1.54) is 36.4 Å². The maximum absolute atomic E-state index is 13.2. The van der Waals surface area contributed by atoms with Crippen molar-refractivity contribution in [1.82, 2.24) is 5.01 Å². The second kappa shape index (κ2) is 6.40. The fourth-order valence-corrected chi connectivity index (χ4v) is 2.87. The number of benzene rings is 2. The molecule has 2 aromatic rings. The first-order chi connectivity index (χ1) is 12.1. The lowest BCUT2D eigenvalue weighted by molar-refractivity contribution is -0.0816. The zero-order chi connectivity index (χ0) is 19.1. The Morgan fingerprint density at radius 1 is 1.15 bits per heavy atom. The Hall–Kier alpha value is -2.39. The highest BCUT2D eigenvalue weighted by Gasteiger charge is 2.53. The second-order valence-electron chi connectivity index (χ2n) is 5.78. The highest BCUT2D eigenvalue weighted by atomic mass is 79.9. The van der Waals surface area contributed by atoms with E-state index in [4.69, 9.17) is 5.73 Å². The number of hydrazone groups is 1. The minimum atomic E-state index is -4.76.